The molecule has 0 fully saturated rings. The molecular formula is C8H9BrN4O4. The number of carbonyl (C=O) groups is 1. The van der Waals surface area contributed by atoms with E-state index in [-0.39, 0.29) is 17.9 Å². The van der Waals surface area contributed by atoms with E-state index in [4.69, 9.17) is 5.73 Å². The van der Waals surface area contributed by atoms with Crippen molar-refractivity contribution in [3.63, 3.8) is 0 Å². The van der Waals surface area contributed by atoms with Gasteiger partial charge in [0, 0.05) is 6.20 Å². The van der Waals surface area contributed by atoms with E-state index in [2.05, 4.69) is 26.2 Å². The van der Waals surface area contributed by atoms with Crippen molar-refractivity contribution < 1.29 is 14.8 Å². The third kappa shape index (κ3) is 3.36. The summed E-state index contributed by atoms with van der Waals surface area (Å²) in [5.74, 6) is -0.912. The van der Waals surface area contributed by atoms with E-state index in [9.17, 15) is 20.0 Å². The van der Waals surface area contributed by atoms with Crippen LogP contribution in [0.4, 0.5) is 11.4 Å². The van der Waals surface area contributed by atoms with Gasteiger partial charge in [0.25, 0.3) is 0 Å². The monoisotopic (exact) mass is 304 g/mol. The minimum Gasteiger partial charge on any atom is -0.381 e. The Morgan fingerprint density at radius 1 is 1.71 bits per heavy atom. The van der Waals surface area contributed by atoms with Gasteiger partial charge in [-0.25, -0.2) is 0 Å². The van der Waals surface area contributed by atoms with Gasteiger partial charge in [0.05, 0.1) is 15.9 Å². The van der Waals surface area contributed by atoms with E-state index in [1.807, 2.05) is 0 Å². The Morgan fingerprint density at radius 2 is 2.35 bits per heavy atom. The second kappa shape index (κ2) is 5.55. The van der Waals surface area contributed by atoms with Crippen LogP contribution in [0.2, 0.25) is 0 Å². The van der Waals surface area contributed by atoms with Gasteiger partial charge in [0.1, 0.15) is 18.0 Å². The summed E-state index contributed by atoms with van der Waals surface area (Å²) in [7, 11) is 0. The molecule has 1 unspecified atom stereocenters. The number of carbonyl (C=O) groups excluding carboxylic acids is 1. The Hall–Kier alpha value is -1.74. The average molecular weight is 305 g/mol. The maximum atomic E-state index is 10.7. The van der Waals surface area contributed by atoms with Gasteiger partial charge in [-0.15, -0.1) is 0 Å². The lowest BCUT2D eigenvalue weighted by Gasteiger charge is -2.10. The number of rotatable bonds is 5. The van der Waals surface area contributed by atoms with E-state index in [0.29, 0.717) is 4.47 Å². The molecule has 1 rings (SSSR count). The average Bonchev–Trinajstić information content (AvgIpc) is 2.26. The van der Waals surface area contributed by atoms with Crippen LogP contribution in [0, 0.1) is 10.1 Å². The lowest BCUT2D eigenvalue weighted by atomic mass is 10.3. The van der Waals surface area contributed by atoms with Gasteiger partial charge in [-0.2, -0.15) is 0 Å². The Kier molecular flexibility index (Phi) is 4.35. The number of nitrogens with zero attached hydrogens (tertiary/aromatic N) is 2. The Bertz CT molecular complexity index is 453. The fourth-order valence-electron chi connectivity index (χ4n) is 1.04. The lowest BCUT2D eigenvalue weighted by molar-refractivity contribution is -0.384. The predicted molar refractivity (Wildman–Crippen MR) is 62.3 cm³/mol. The van der Waals surface area contributed by atoms with Gasteiger partial charge in [0.2, 0.25) is 5.91 Å². The molecule has 1 aromatic heterocycles. The van der Waals surface area contributed by atoms with Crippen molar-refractivity contribution in [2.75, 3.05) is 11.9 Å². The van der Waals surface area contributed by atoms with Crippen LogP contribution in [0.15, 0.2) is 16.9 Å². The fraction of sp³-hybridized carbons (Fsp3) is 0.250. The van der Waals surface area contributed by atoms with Gasteiger partial charge in [0.15, 0.2) is 0 Å². The van der Waals surface area contributed by atoms with E-state index in [1.165, 1.54) is 6.20 Å². The summed E-state index contributed by atoms with van der Waals surface area (Å²) in [6.45, 7) is -0.223. The third-order valence-corrected chi connectivity index (χ3v) is 2.48. The number of halogens is 1. The van der Waals surface area contributed by atoms with Gasteiger partial charge in [-0.05, 0) is 15.9 Å². The Morgan fingerprint density at radius 3 is 2.88 bits per heavy atom. The first-order chi connectivity index (χ1) is 7.93. The summed E-state index contributed by atoms with van der Waals surface area (Å²) in [6.07, 6.45) is 0.991. The van der Waals surface area contributed by atoms with Gasteiger partial charge in [-0.1, -0.05) is 0 Å². The number of anilines is 1. The fourth-order valence-corrected chi connectivity index (χ4v) is 1.50. The van der Waals surface area contributed by atoms with Crippen molar-refractivity contribution in [2.45, 2.75) is 6.10 Å². The molecule has 0 aliphatic rings. The van der Waals surface area contributed by atoms with Crippen molar-refractivity contribution in [3.8, 4) is 0 Å². The number of aromatic nitrogens is 1. The molecule has 0 spiro atoms. The van der Waals surface area contributed by atoms with E-state index >= 15 is 0 Å². The summed E-state index contributed by atoms with van der Waals surface area (Å²) >= 11 is 3.08. The number of nitro groups is 1. The van der Waals surface area contributed by atoms with Gasteiger partial charge < -0.3 is 16.2 Å². The zero-order valence-electron chi connectivity index (χ0n) is 8.46. The van der Waals surface area contributed by atoms with Crippen molar-refractivity contribution in [1.82, 2.24) is 4.98 Å². The Labute approximate surface area is 104 Å². The number of aliphatic hydroxyl groups excluding tert-OH is 1. The highest BCUT2D eigenvalue weighted by Gasteiger charge is 2.19. The highest BCUT2D eigenvalue weighted by molar-refractivity contribution is 9.10. The smallest absolute Gasteiger partial charge is 0.311 e. The molecule has 0 saturated carbocycles. The third-order valence-electron chi connectivity index (χ3n) is 1.88. The molecule has 0 aliphatic heterocycles. The number of hydrogen-bond donors (Lipinski definition) is 3. The molecule has 0 aromatic carbocycles. The second-order valence-corrected chi connectivity index (χ2v) is 3.93. The molecule has 1 heterocycles. The second-order valence-electron chi connectivity index (χ2n) is 3.07. The molecule has 0 aliphatic carbocycles. The zero-order valence-corrected chi connectivity index (χ0v) is 10.0. The highest BCUT2D eigenvalue weighted by atomic mass is 79.9. The molecule has 0 bridgehead atoms. The predicted octanol–water partition coefficient (Wildman–Crippen LogP) is 0.0104. The van der Waals surface area contributed by atoms with Gasteiger partial charge >= 0.3 is 5.69 Å². The maximum absolute atomic E-state index is 10.7. The standard InChI is InChI=1S/C8H9BrN4O4/c9-4-1-11-2-5(13(16)17)7(4)12-3-6(14)8(10)15/h1-2,6,14H,3H2,(H2,10,15)(H,11,12). The quantitative estimate of drug-likeness (QED) is 0.518. The summed E-state index contributed by atoms with van der Waals surface area (Å²) in [6, 6.07) is 0. The van der Waals surface area contributed by atoms with Gasteiger partial charge in [-0.3, -0.25) is 19.9 Å². The van der Waals surface area contributed by atoms with Crippen LogP contribution in [0.25, 0.3) is 0 Å². The summed E-state index contributed by atoms with van der Waals surface area (Å²) in [5, 5.41) is 22.4. The van der Waals surface area contributed by atoms with E-state index < -0.39 is 16.9 Å². The zero-order chi connectivity index (χ0) is 13.0. The van der Waals surface area contributed by atoms with Crippen molar-refractivity contribution in [2.24, 2.45) is 5.73 Å². The largest absolute Gasteiger partial charge is 0.381 e. The number of pyridine rings is 1. The number of amides is 1. The molecule has 92 valence electrons. The van der Waals surface area contributed by atoms with Crippen LogP contribution in [0.5, 0.6) is 0 Å². The highest BCUT2D eigenvalue weighted by Crippen LogP contribution is 2.30. The van der Waals surface area contributed by atoms with Crippen molar-refractivity contribution in [1.29, 1.82) is 0 Å². The topological polar surface area (TPSA) is 131 Å². The van der Waals surface area contributed by atoms with Crippen molar-refractivity contribution >= 4 is 33.2 Å². The maximum Gasteiger partial charge on any atom is 0.311 e. The van der Waals surface area contributed by atoms with Crippen LogP contribution in [-0.4, -0.2) is 33.6 Å². The van der Waals surface area contributed by atoms with Crippen molar-refractivity contribution in [3.05, 3.63) is 27.0 Å². The minimum absolute atomic E-state index is 0.130. The van der Waals surface area contributed by atoms with Crippen LogP contribution in [-0.2, 0) is 4.79 Å². The van der Waals surface area contributed by atoms with Crippen LogP contribution in [0.3, 0.4) is 0 Å². The van der Waals surface area contributed by atoms with Crippen LogP contribution >= 0.6 is 15.9 Å². The number of primary amides is 1. The summed E-state index contributed by atoms with van der Waals surface area (Å²) in [4.78, 5) is 24.3. The molecule has 17 heavy (non-hydrogen) atoms. The molecule has 1 amide bonds. The molecule has 1 atom stereocenters. The molecule has 8 nitrogen and oxygen atoms in total. The molecule has 0 saturated heterocycles. The number of hydrogen-bond acceptors (Lipinski definition) is 6. The SMILES string of the molecule is NC(=O)C(O)CNc1c(Br)cncc1[N+](=O)[O-]. The van der Waals surface area contributed by atoms with E-state index in [1.54, 1.807) is 0 Å². The minimum atomic E-state index is -1.42. The number of aliphatic hydroxyl groups is 1. The molecule has 9 heteroatoms. The molecule has 1 aromatic rings. The molecule has 4 N–H and O–H groups in total. The summed E-state index contributed by atoms with van der Waals surface area (Å²) in [5.41, 5.74) is 4.71. The van der Waals surface area contributed by atoms with Crippen LogP contribution < -0.4 is 11.1 Å². The molecular weight excluding hydrogens is 296 g/mol. The number of nitrogens with one attached hydrogen (secondary N) is 1. The lowest BCUT2D eigenvalue weighted by Crippen LogP contribution is -2.34. The number of nitrogens with two attached hydrogens (primary N) is 1. The van der Waals surface area contributed by atoms with E-state index in [0.717, 1.165) is 6.20 Å². The summed E-state index contributed by atoms with van der Waals surface area (Å²) < 4.78 is 0.350. The first-order valence-electron chi connectivity index (χ1n) is 4.42. The normalized spacial score (nSPS) is 11.9. The van der Waals surface area contributed by atoms with Crippen LogP contribution in [0.1, 0.15) is 0 Å². The first kappa shape index (κ1) is 13.3. The first-order valence-corrected chi connectivity index (χ1v) is 5.22. The molecule has 0 radical (unpaired) electrons. The Balaban J connectivity index is 2.90.